The first-order valence-corrected chi connectivity index (χ1v) is 12.4. The third kappa shape index (κ3) is 5.56. The number of fused-ring (bicyclic) bond motifs is 1. The minimum atomic E-state index is -3.66. The number of hydrogen-bond donors (Lipinski definition) is 4. The molecule has 2 aromatic carbocycles. The van der Waals surface area contributed by atoms with Crippen LogP contribution in [0.3, 0.4) is 0 Å². The van der Waals surface area contributed by atoms with Crippen LogP contribution in [0, 0.1) is 5.92 Å². The number of hydrogen-bond acceptors (Lipinski definition) is 9. The molecule has 1 saturated heterocycles. The summed E-state index contributed by atoms with van der Waals surface area (Å²) in [6, 6.07) is 12.1. The Hall–Kier alpha value is -3.28. The molecule has 3 aromatic rings. The number of carbonyl (C=O) groups is 1. The third-order valence-electron chi connectivity index (χ3n) is 5.63. The summed E-state index contributed by atoms with van der Waals surface area (Å²) < 4.78 is 25.0. The highest BCUT2D eigenvalue weighted by Gasteiger charge is 2.33. The molecule has 10 nitrogen and oxygen atoms in total. The Labute approximate surface area is 191 Å². The summed E-state index contributed by atoms with van der Waals surface area (Å²) in [5.74, 6) is -0.477. The first-order chi connectivity index (χ1) is 15.7. The minimum absolute atomic E-state index is 0.140. The summed E-state index contributed by atoms with van der Waals surface area (Å²) in [6.45, 7) is 1.51. The fourth-order valence-electron chi connectivity index (χ4n) is 4.09. The van der Waals surface area contributed by atoms with Gasteiger partial charge in [0.1, 0.15) is 17.9 Å². The van der Waals surface area contributed by atoms with Gasteiger partial charge in [0.15, 0.2) is 0 Å². The largest absolute Gasteiger partial charge is 0.508 e. The Morgan fingerprint density at radius 2 is 2.03 bits per heavy atom. The standard InChI is InChI=1S/C22H26N6O4S/c1-33(31,32)27-22(30)17-12-28(9-8-18(17)23)11-14-4-2-7-19-20(14)21(25-13-24-19)26-15-5-3-6-16(29)10-15/h2-7,10,13,17-18,29H,8-9,11-12,23H2,1H3,(H,27,30)(H,24,25,26)/t17-,18-/m1/s1. The molecule has 0 saturated carbocycles. The van der Waals surface area contributed by atoms with Crippen LogP contribution >= 0.6 is 0 Å². The molecule has 0 radical (unpaired) electrons. The molecule has 5 N–H and O–H groups in total. The van der Waals surface area contributed by atoms with E-state index in [0.29, 0.717) is 37.6 Å². The van der Waals surface area contributed by atoms with Crippen LogP contribution in [-0.2, 0) is 21.4 Å². The van der Waals surface area contributed by atoms with Crippen molar-refractivity contribution in [3.8, 4) is 5.75 Å². The maximum Gasteiger partial charge on any atom is 0.239 e. The Kier molecular flexibility index (Phi) is 6.45. The first-order valence-electron chi connectivity index (χ1n) is 10.5. The molecular formula is C22H26N6O4S. The summed E-state index contributed by atoms with van der Waals surface area (Å²) in [5, 5.41) is 13.9. The maximum absolute atomic E-state index is 12.5. The molecular weight excluding hydrogens is 444 g/mol. The zero-order chi connectivity index (χ0) is 23.6. The number of rotatable bonds is 6. The van der Waals surface area contributed by atoms with Crippen LogP contribution in [0.2, 0.25) is 0 Å². The first kappa shape index (κ1) is 22.9. The number of phenols is 1. The number of anilines is 2. The zero-order valence-corrected chi connectivity index (χ0v) is 18.9. The molecule has 0 aliphatic carbocycles. The topological polar surface area (TPSA) is 151 Å². The van der Waals surface area contributed by atoms with Gasteiger partial charge >= 0.3 is 0 Å². The predicted octanol–water partition coefficient (Wildman–Crippen LogP) is 1.30. The van der Waals surface area contributed by atoms with E-state index in [1.54, 1.807) is 18.2 Å². The lowest BCUT2D eigenvalue weighted by atomic mass is 9.92. The SMILES string of the molecule is CS(=O)(=O)NC(=O)[C@@H]1CN(Cc2cccc3ncnc(Nc4cccc(O)c4)c23)CC[C@H]1N. The highest BCUT2D eigenvalue weighted by molar-refractivity contribution is 7.89. The van der Waals surface area contributed by atoms with Crippen molar-refractivity contribution in [2.75, 3.05) is 24.7 Å². The Morgan fingerprint density at radius 1 is 1.24 bits per heavy atom. The molecule has 0 unspecified atom stereocenters. The van der Waals surface area contributed by atoms with Gasteiger partial charge in [0.2, 0.25) is 15.9 Å². The lowest BCUT2D eigenvalue weighted by Crippen LogP contribution is -2.53. The summed E-state index contributed by atoms with van der Waals surface area (Å²) in [7, 11) is -3.66. The van der Waals surface area contributed by atoms with E-state index in [1.807, 2.05) is 24.3 Å². The number of aromatic nitrogens is 2. The highest BCUT2D eigenvalue weighted by Crippen LogP contribution is 2.29. The molecule has 1 aliphatic heterocycles. The predicted molar refractivity (Wildman–Crippen MR) is 125 cm³/mol. The quantitative estimate of drug-likeness (QED) is 0.418. The van der Waals surface area contributed by atoms with Gasteiger partial charge in [-0.15, -0.1) is 0 Å². The van der Waals surface area contributed by atoms with Crippen LogP contribution in [0.25, 0.3) is 10.9 Å². The number of benzene rings is 2. The fraction of sp³-hybridized carbons (Fsp3) is 0.318. The van der Waals surface area contributed by atoms with Crippen LogP contribution in [0.1, 0.15) is 12.0 Å². The zero-order valence-electron chi connectivity index (χ0n) is 18.1. The maximum atomic E-state index is 12.5. The smallest absolute Gasteiger partial charge is 0.239 e. The summed E-state index contributed by atoms with van der Waals surface area (Å²) in [5.41, 5.74) is 8.53. The van der Waals surface area contributed by atoms with Crippen LogP contribution in [0.15, 0.2) is 48.8 Å². The molecule has 33 heavy (non-hydrogen) atoms. The molecule has 2 atom stereocenters. The Balaban J connectivity index is 1.60. The lowest BCUT2D eigenvalue weighted by Gasteiger charge is -2.36. The van der Waals surface area contributed by atoms with Gasteiger partial charge in [-0.2, -0.15) is 0 Å². The molecule has 0 spiro atoms. The summed E-state index contributed by atoms with van der Waals surface area (Å²) in [4.78, 5) is 23.3. The number of amides is 1. The number of nitrogens with two attached hydrogens (primary N) is 1. The molecule has 174 valence electrons. The van der Waals surface area contributed by atoms with Gasteiger partial charge in [-0.3, -0.25) is 14.4 Å². The number of carbonyl (C=O) groups excluding carboxylic acids is 1. The van der Waals surface area contributed by atoms with Crippen LogP contribution in [-0.4, -0.2) is 59.7 Å². The van der Waals surface area contributed by atoms with E-state index in [4.69, 9.17) is 5.73 Å². The monoisotopic (exact) mass is 470 g/mol. The number of nitrogens with zero attached hydrogens (tertiary/aromatic N) is 3. The van der Waals surface area contributed by atoms with E-state index in [-0.39, 0.29) is 5.75 Å². The van der Waals surface area contributed by atoms with Crippen molar-refractivity contribution in [3.63, 3.8) is 0 Å². The lowest BCUT2D eigenvalue weighted by molar-refractivity contribution is -0.125. The highest BCUT2D eigenvalue weighted by atomic mass is 32.2. The minimum Gasteiger partial charge on any atom is -0.508 e. The van der Waals surface area contributed by atoms with E-state index < -0.39 is 27.9 Å². The average Bonchev–Trinajstić information content (AvgIpc) is 2.74. The van der Waals surface area contributed by atoms with Gasteiger partial charge in [-0.05, 0) is 30.2 Å². The molecule has 11 heteroatoms. The van der Waals surface area contributed by atoms with Gasteiger partial charge in [0.25, 0.3) is 0 Å². The average molecular weight is 471 g/mol. The number of nitrogens with one attached hydrogen (secondary N) is 2. The van der Waals surface area contributed by atoms with Crippen molar-refractivity contribution in [2.24, 2.45) is 11.7 Å². The molecule has 4 rings (SSSR count). The van der Waals surface area contributed by atoms with Crippen molar-refractivity contribution < 1.29 is 18.3 Å². The van der Waals surface area contributed by atoms with Crippen molar-refractivity contribution in [1.29, 1.82) is 0 Å². The second-order valence-electron chi connectivity index (χ2n) is 8.24. The molecule has 1 aromatic heterocycles. The van der Waals surface area contributed by atoms with Crippen molar-refractivity contribution in [2.45, 2.75) is 19.0 Å². The van der Waals surface area contributed by atoms with E-state index in [1.165, 1.54) is 6.33 Å². The second-order valence-corrected chi connectivity index (χ2v) is 9.99. The molecule has 1 amide bonds. The third-order valence-corrected chi connectivity index (χ3v) is 6.20. The van der Waals surface area contributed by atoms with E-state index in [2.05, 4.69) is 24.9 Å². The van der Waals surface area contributed by atoms with Gasteiger partial charge < -0.3 is 16.2 Å². The summed E-state index contributed by atoms with van der Waals surface area (Å²) in [6.07, 6.45) is 2.99. The molecule has 0 bridgehead atoms. The Bertz CT molecular complexity index is 1280. The van der Waals surface area contributed by atoms with Crippen molar-refractivity contribution >= 4 is 38.3 Å². The summed E-state index contributed by atoms with van der Waals surface area (Å²) >= 11 is 0. The number of piperidine rings is 1. The van der Waals surface area contributed by atoms with Crippen molar-refractivity contribution in [3.05, 3.63) is 54.4 Å². The molecule has 1 fully saturated rings. The van der Waals surface area contributed by atoms with E-state index in [0.717, 1.165) is 22.7 Å². The van der Waals surface area contributed by atoms with Gasteiger partial charge in [-0.25, -0.2) is 18.4 Å². The molecule has 1 aliphatic rings. The molecule has 2 heterocycles. The normalized spacial score (nSPS) is 19.3. The van der Waals surface area contributed by atoms with Crippen molar-refractivity contribution in [1.82, 2.24) is 19.6 Å². The number of phenolic OH excluding ortho intramolecular Hbond substituents is 1. The van der Waals surface area contributed by atoms with Gasteiger partial charge in [-0.1, -0.05) is 18.2 Å². The van der Waals surface area contributed by atoms with Gasteiger partial charge in [0.05, 0.1) is 17.7 Å². The number of aromatic hydroxyl groups is 1. The number of likely N-dealkylation sites (tertiary alicyclic amines) is 1. The van der Waals surface area contributed by atoms with Gasteiger partial charge in [0, 0.05) is 42.8 Å². The fourth-order valence-corrected chi connectivity index (χ4v) is 4.60. The van der Waals surface area contributed by atoms with Crippen LogP contribution in [0.4, 0.5) is 11.5 Å². The van der Waals surface area contributed by atoms with E-state index >= 15 is 0 Å². The van der Waals surface area contributed by atoms with Crippen LogP contribution < -0.4 is 15.8 Å². The Morgan fingerprint density at radius 3 is 2.79 bits per heavy atom. The number of sulfonamides is 1. The van der Waals surface area contributed by atoms with E-state index in [9.17, 15) is 18.3 Å². The second kappa shape index (κ2) is 9.30. The van der Waals surface area contributed by atoms with Crippen LogP contribution in [0.5, 0.6) is 5.75 Å².